The number of halogens is 2. The third-order valence-electron chi connectivity index (χ3n) is 8.10. The Labute approximate surface area is 244 Å². The minimum absolute atomic E-state index is 0.0361. The van der Waals surface area contributed by atoms with Crippen LogP contribution in [-0.4, -0.2) is 36.0 Å². The normalized spacial score (nSPS) is 18.4. The van der Waals surface area contributed by atoms with Crippen molar-refractivity contribution in [1.82, 2.24) is 4.90 Å². The first-order valence-corrected chi connectivity index (χ1v) is 14.9. The van der Waals surface area contributed by atoms with Gasteiger partial charge in [-0.05, 0) is 116 Å². The molecule has 1 saturated heterocycles. The number of nitrogens with zero attached hydrogens (tertiary/aromatic N) is 3. The topological polar surface area (TPSA) is 62.1 Å². The predicted octanol–water partition coefficient (Wildman–Crippen LogP) is 8.67. The number of ketones is 1. The van der Waals surface area contributed by atoms with Crippen LogP contribution in [0.15, 0.2) is 76.4 Å². The monoisotopic (exact) mass is 571 g/mol. The molecule has 1 aliphatic heterocycles. The number of likely N-dealkylation sites (tertiary alicyclic amines) is 1. The fraction of sp³-hybridized carbons (Fsp3) is 0.333. The van der Waals surface area contributed by atoms with Crippen molar-refractivity contribution in [2.24, 2.45) is 16.1 Å². The Bertz CT molecular complexity index is 1510. The number of fused-ring (bicyclic) bond motifs is 1. The smallest absolute Gasteiger partial charge is 0.167 e. The highest BCUT2D eigenvalue weighted by molar-refractivity contribution is 6.39. The number of benzene rings is 3. The number of aryl methyl sites for hydroxylation is 1. The molecule has 0 atom stereocenters. The molecule has 3 aromatic carbocycles. The Morgan fingerprint density at radius 3 is 2.45 bits per heavy atom. The number of carbonyl (C=O) groups excluding carboxylic acids is 1. The highest BCUT2D eigenvalue weighted by Crippen LogP contribution is 2.39. The second kappa shape index (κ2) is 11.8. The van der Waals surface area contributed by atoms with Gasteiger partial charge in [-0.15, -0.1) is 4.91 Å². The van der Waals surface area contributed by atoms with Crippen LogP contribution in [0.4, 0.5) is 11.4 Å². The van der Waals surface area contributed by atoms with E-state index in [9.17, 15) is 9.70 Å². The minimum atomic E-state index is 0.0361. The summed E-state index contributed by atoms with van der Waals surface area (Å²) in [4.78, 5) is 32.4. The van der Waals surface area contributed by atoms with Crippen molar-refractivity contribution in [3.63, 3.8) is 0 Å². The quantitative estimate of drug-likeness (QED) is 0.254. The van der Waals surface area contributed by atoms with Gasteiger partial charge in [0.1, 0.15) is 5.69 Å². The molecule has 204 valence electrons. The second-order valence-electron chi connectivity index (χ2n) is 11.0. The van der Waals surface area contributed by atoms with E-state index in [1.54, 1.807) is 12.1 Å². The standard InChI is InChI=1S/C33H31Cl2N3O2/c34-29-19-25(20-30(35)32(29)37-40)24-12-9-22-6-4-8-27(33(39)23-10-11-23)31(28(22)18-24)36-26-7-3-5-21(17-26)13-16-38-14-1-2-15-38/h3,5,7-9,12,17-20,23H,1-2,4,6,10-11,13-16H2. The van der Waals surface area contributed by atoms with Crippen LogP contribution in [0.1, 0.15) is 48.8 Å². The molecule has 0 amide bonds. The molecular weight excluding hydrogens is 541 g/mol. The molecule has 1 heterocycles. The summed E-state index contributed by atoms with van der Waals surface area (Å²) in [5.41, 5.74) is 7.34. The first kappa shape index (κ1) is 27.1. The molecule has 40 heavy (non-hydrogen) atoms. The lowest BCUT2D eigenvalue weighted by molar-refractivity contribution is -0.116. The average Bonchev–Trinajstić information content (AvgIpc) is 3.71. The largest absolute Gasteiger partial charge is 0.303 e. The Morgan fingerprint density at radius 1 is 0.950 bits per heavy atom. The van der Waals surface area contributed by atoms with E-state index in [2.05, 4.69) is 46.5 Å². The van der Waals surface area contributed by atoms with Crippen LogP contribution in [0.25, 0.3) is 11.1 Å². The molecule has 6 rings (SSSR count). The van der Waals surface area contributed by atoms with Crippen molar-refractivity contribution in [3.8, 4) is 11.1 Å². The van der Waals surface area contributed by atoms with Crippen LogP contribution in [0, 0.1) is 10.8 Å². The summed E-state index contributed by atoms with van der Waals surface area (Å²) >= 11 is 12.6. The van der Waals surface area contributed by atoms with Crippen LogP contribution >= 0.6 is 23.2 Å². The van der Waals surface area contributed by atoms with Crippen LogP contribution in [0.2, 0.25) is 10.0 Å². The SMILES string of the molecule is O=Nc1c(Cl)cc(-c2ccc3c(c2)C(=Nc2cccc(CCN4CCCC4)c2)C(C(=O)C2CC2)=CCC3)cc1Cl. The zero-order valence-corrected chi connectivity index (χ0v) is 23.8. The first-order chi connectivity index (χ1) is 19.5. The molecule has 3 aromatic rings. The molecule has 0 radical (unpaired) electrons. The molecule has 2 fully saturated rings. The number of nitroso groups, excluding NO2 is 1. The Hall–Kier alpha value is -3.12. The zero-order chi connectivity index (χ0) is 27.6. The lowest BCUT2D eigenvalue weighted by Crippen LogP contribution is -2.21. The summed E-state index contributed by atoms with van der Waals surface area (Å²) in [5, 5.41) is 3.37. The minimum Gasteiger partial charge on any atom is -0.303 e. The average molecular weight is 573 g/mol. The van der Waals surface area contributed by atoms with E-state index in [1.165, 1.54) is 31.5 Å². The van der Waals surface area contributed by atoms with Crippen LogP contribution in [0.5, 0.6) is 0 Å². The molecule has 0 N–H and O–H groups in total. The summed E-state index contributed by atoms with van der Waals surface area (Å²) in [6.07, 6.45) is 9.12. The number of aliphatic imine (C=N–C) groups is 1. The maximum atomic E-state index is 13.5. The van der Waals surface area contributed by atoms with Crippen molar-refractivity contribution < 1.29 is 4.79 Å². The maximum absolute atomic E-state index is 13.5. The van der Waals surface area contributed by atoms with Crippen LogP contribution in [0.3, 0.4) is 0 Å². The zero-order valence-electron chi connectivity index (χ0n) is 22.3. The number of carbonyl (C=O) groups is 1. The second-order valence-corrected chi connectivity index (χ2v) is 11.8. The van der Waals surface area contributed by atoms with Crippen molar-refractivity contribution >= 4 is 46.1 Å². The third-order valence-corrected chi connectivity index (χ3v) is 8.68. The Kier molecular flexibility index (Phi) is 7.97. The van der Waals surface area contributed by atoms with Crippen LogP contribution in [-0.2, 0) is 17.6 Å². The van der Waals surface area contributed by atoms with Gasteiger partial charge in [-0.3, -0.25) is 4.79 Å². The van der Waals surface area contributed by atoms with Crippen molar-refractivity contribution in [2.45, 2.75) is 44.9 Å². The Balaban J connectivity index is 1.41. The van der Waals surface area contributed by atoms with E-state index in [4.69, 9.17) is 28.2 Å². The fourth-order valence-electron chi connectivity index (χ4n) is 5.73. The highest BCUT2D eigenvalue weighted by atomic mass is 35.5. The molecule has 3 aliphatic rings. The molecule has 5 nitrogen and oxygen atoms in total. The highest BCUT2D eigenvalue weighted by Gasteiger charge is 2.35. The van der Waals surface area contributed by atoms with Crippen molar-refractivity contribution in [2.75, 3.05) is 19.6 Å². The van der Waals surface area contributed by atoms with Gasteiger partial charge in [0.25, 0.3) is 0 Å². The maximum Gasteiger partial charge on any atom is 0.167 e. The van der Waals surface area contributed by atoms with Gasteiger partial charge >= 0.3 is 0 Å². The number of hydrogen-bond acceptors (Lipinski definition) is 5. The lowest BCUT2D eigenvalue weighted by Gasteiger charge is -2.16. The number of allylic oxidation sites excluding steroid dienone is 2. The predicted molar refractivity (Wildman–Crippen MR) is 164 cm³/mol. The van der Waals surface area contributed by atoms with Gasteiger partial charge in [-0.25, -0.2) is 4.99 Å². The molecule has 2 aliphatic carbocycles. The van der Waals surface area contributed by atoms with E-state index in [0.717, 1.165) is 77.9 Å². The van der Waals surface area contributed by atoms with Gasteiger partial charge in [0, 0.05) is 23.6 Å². The summed E-state index contributed by atoms with van der Waals surface area (Å²) in [5.74, 6) is 0.281. The Morgan fingerprint density at radius 2 is 1.73 bits per heavy atom. The third kappa shape index (κ3) is 5.83. The molecule has 7 heteroatoms. The summed E-state index contributed by atoms with van der Waals surface area (Å²) in [7, 11) is 0. The number of Topliss-reactive ketones (excluding diaryl/α,β-unsaturated/α-hetero) is 1. The van der Waals surface area contributed by atoms with Gasteiger partial charge < -0.3 is 4.90 Å². The van der Waals surface area contributed by atoms with Gasteiger partial charge in [0.15, 0.2) is 5.78 Å². The first-order valence-electron chi connectivity index (χ1n) is 14.1. The number of hydrogen-bond donors (Lipinski definition) is 0. The van der Waals surface area contributed by atoms with E-state index < -0.39 is 0 Å². The molecule has 0 bridgehead atoms. The van der Waals surface area contributed by atoms with E-state index in [-0.39, 0.29) is 27.4 Å². The van der Waals surface area contributed by atoms with Crippen molar-refractivity contribution in [1.29, 1.82) is 0 Å². The number of rotatable bonds is 8. The van der Waals surface area contributed by atoms with Gasteiger partial charge in [0.2, 0.25) is 0 Å². The van der Waals surface area contributed by atoms with Gasteiger partial charge in [-0.1, -0.05) is 53.5 Å². The van der Waals surface area contributed by atoms with Gasteiger partial charge in [-0.2, -0.15) is 0 Å². The van der Waals surface area contributed by atoms with Gasteiger partial charge in [0.05, 0.1) is 21.4 Å². The van der Waals surface area contributed by atoms with E-state index >= 15 is 0 Å². The summed E-state index contributed by atoms with van der Waals surface area (Å²) in [6, 6.07) is 18.0. The molecule has 0 unspecified atom stereocenters. The summed E-state index contributed by atoms with van der Waals surface area (Å²) < 4.78 is 0. The molecule has 0 spiro atoms. The van der Waals surface area contributed by atoms with E-state index in [1.807, 2.05) is 12.1 Å². The summed E-state index contributed by atoms with van der Waals surface area (Å²) in [6.45, 7) is 3.42. The molecule has 0 aromatic heterocycles. The molecule has 1 saturated carbocycles. The van der Waals surface area contributed by atoms with E-state index in [0.29, 0.717) is 0 Å². The molecular formula is C33H31Cl2N3O2. The lowest BCUT2D eigenvalue weighted by atomic mass is 9.91. The van der Waals surface area contributed by atoms with Crippen LogP contribution < -0.4 is 0 Å². The van der Waals surface area contributed by atoms with Crippen molar-refractivity contribution in [3.05, 3.63) is 97.9 Å². The fourth-order valence-corrected chi connectivity index (χ4v) is 6.29.